The second-order valence-electron chi connectivity index (χ2n) is 5.51. The van der Waals surface area contributed by atoms with E-state index >= 15 is 0 Å². The summed E-state index contributed by atoms with van der Waals surface area (Å²) in [6.07, 6.45) is 12.3. The molecule has 3 rings (SSSR count). The second kappa shape index (κ2) is 5.27. The van der Waals surface area contributed by atoms with Crippen LogP contribution in [0.15, 0.2) is 24.5 Å². The van der Waals surface area contributed by atoms with Gasteiger partial charge in [0.15, 0.2) is 0 Å². The average molecular weight is 247 g/mol. The molecule has 1 aromatic rings. The van der Waals surface area contributed by atoms with Crippen molar-refractivity contribution in [2.75, 3.05) is 6.61 Å². The van der Waals surface area contributed by atoms with E-state index in [-0.39, 0.29) is 5.60 Å². The molecule has 1 spiro atoms. The molecular formula is C15H21NO2. The Hall–Kier alpha value is -1.09. The van der Waals surface area contributed by atoms with Crippen LogP contribution in [0.25, 0.3) is 0 Å². The van der Waals surface area contributed by atoms with Gasteiger partial charge in [0.25, 0.3) is 0 Å². The zero-order valence-corrected chi connectivity index (χ0v) is 10.8. The highest BCUT2D eigenvalue weighted by molar-refractivity contribution is 5.16. The zero-order chi connectivity index (χ0) is 12.3. The Morgan fingerprint density at radius 3 is 2.94 bits per heavy atom. The fourth-order valence-electron chi connectivity index (χ4n) is 3.24. The number of hydrogen-bond acceptors (Lipinski definition) is 3. The molecule has 1 saturated heterocycles. The number of nitrogens with zero attached hydrogens (tertiary/aromatic N) is 1. The standard InChI is InChI=1S/C15H21NO2/c1-2-7-15(8-3-1)11-13(6-10-17-15)18-14-5-4-9-16-12-14/h4-5,9,12-13H,1-3,6-8,10-11H2. The topological polar surface area (TPSA) is 31.4 Å². The molecule has 3 nitrogen and oxygen atoms in total. The van der Waals surface area contributed by atoms with Gasteiger partial charge in [0.1, 0.15) is 11.9 Å². The third-order valence-corrected chi connectivity index (χ3v) is 4.15. The summed E-state index contributed by atoms with van der Waals surface area (Å²) in [6.45, 7) is 0.838. The highest BCUT2D eigenvalue weighted by Gasteiger charge is 2.39. The summed E-state index contributed by atoms with van der Waals surface area (Å²) < 4.78 is 12.1. The molecular weight excluding hydrogens is 226 g/mol. The first-order chi connectivity index (χ1) is 8.86. The van der Waals surface area contributed by atoms with Crippen molar-refractivity contribution in [1.82, 2.24) is 4.98 Å². The highest BCUT2D eigenvalue weighted by Crippen LogP contribution is 2.39. The zero-order valence-electron chi connectivity index (χ0n) is 10.8. The molecule has 3 heteroatoms. The van der Waals surface area contributed by atoms with E-state index in [0.29, 0.717) is 6.10 Å². The molecule has 2 heterocycles. The number of rotatable bonds is 2. The third-order valence-electron chi connectivity index (χ3n) is 4.15. The SMILES string of the molecule is c1cncc(OC2CCOC3(CCCCC3)C2)c1. The lowest BCUT2D eigenvalue weighted by atomic mass is 9.79. The van der Waals surface area contributed by atoms with E-state index in [4.69, 9.17) is 9.47 Å². The number of hydrogen-bond donors (Lipinski definition) is 0. The monoisotopic (exact) mass is 247 g/mol. The molecule has 1 aliphatic heterocycles. The van der Waals surface area contributed by atoms with Gasteiger partial charge >= 0.3 is 0 Å². The second-order valence-corrected chi connectivity index (χ2v) is 5.51. The maximum atomic E-state index is 6.08. The number of pyridine rings is 1. The van der Waals surface area contributed by atoms with Gasteiger partial charge in [-0.3, -0.25) is 4.98 Å². The van der Waals surface area contributed by atoms with E-state index in [1.807, 2.05) is 12.1 Å². The summed E-state index contributed by atoms with van der Waals surface area (Å²) in [6, 6.07) is 3.90. The minimum absolute atomic E-state index is 0.114. The number of ether oxygens (including phenoxy) is 2. The van der Waals surface area contributed by atoms with Crippen molar-refractivity contribution in [2.45, 2.75) is 56.7 Å². The van der Waals surface area contributed by atoms with Crippen LogP contribution in [0.3, 0.4) is 0 Å². The van der Waals surface area contributed by atoms with Gasteiger partial charge in [-0.2, -0.15) is 0 Å². The van der Waals surface area contributed by atoms with Gasteiger partial charge in [0, 0.05) is 19.0 Å². The molecule has 0 amide bonds. The van der Waals surface area contributed by atoms with Gasteiger partial charge in [-0.1, -0.05) is 19.3 Å². The van der Waals surface area contributed by atoms with Gasteiger partial charge in [0.2, 0.25) is 0 Å². The van der Waals surface area contributed by atoms with E-state index < -0.39 is 0 Å². The van der Waals surface area contributed by atoms with Crippen molar-refractivity contribution < 1.29 is 9.47 Å². The van der Waals surface area contributed by atoms with Crippen LogP contribution in [0.4, 0.5) is 0 Å². The molecule has 0 bridgehead atoms. The van der Waals surface area contributed by atoms with Crippen molar-refractivity contribution in [1.29, 1.82) is 0 Å². The fourth-order valence-corrected chi connectivity index (χ4v) is 3.24. The van der Waals surface area contributed by atoms with Crippen molar-refractivity contribution in [2.24, 2.45) is 0 Å². The van der Waals surface area contributed by atoms with Gasteiger partial charge in [0.05, 0.1) is 18.4 Å². The van der Waals surface area contributed by atoms with Crippen molar-refractivity contribution in [3.8, 4) is 5.75 Å². The van der Waals surface area contributed by atoms with Crippen LogP contribution < -0.4 is 4.74 Å². The molecule has 0 aromatic carbocycles. The molecule has 0 N–H and O–H groups in total. The average Bonchev–Trinajstić information content (AvgIpc) is 2.41. The minimum Gasteiger partial charge on any atom is -0.489 e. The molecule has 1 unspecified atom stereocenters. The van der Waals surface area contributed by atoms with Crippen molar-refractivity contribution in [3.05, 3.63) is 24.5 Å². The molecule has 1 aliphatic carbocycles. The van der Waals surface area contributed by atoms with Gasteiger partial charge in [-0.15, -0.1) is 0 Å². The summed E-state index contributed by atoms with van der Waals surface area (Å²) in [5.74, 6) is 0.885. The Morgan fingerprint density at radius 1 is 1.28 bits per heavy atom. The number of aromatic nitrogens is 1. The predicted octanol–water partition coefficient (Wildman–Crippen LogP) is 3.34. The molecule has 18 heavy (non-hydrogen) atoms. The molecule has 98 valence electrons. The summed E-state index contributed by atoms with van der Waals surface area (Å²) >= 11 is 0. The van der Waals surface area contributed by atoms with E-state index in [1.54, 1.807) is 12.4 Å². The lowest BCUT2D eigenvalue weighted by Gasteiger charge is -2.43. The summed E-state index contributed by atoms with van der Waals surface area (Å²) in [5, 5.41) is 0. The van der Waals surface area contributed by atoms with Crippen molar-refractivity contribution >= 4 is 0 Å². The Morgan fingerprint density at radius 2 is 2.17 bits per heavy atom. The quantitative estimate of drug-likeness (QED) is 0.803. The van der Waals surface area contributed by atoms with Crippen LogP contribution in [0, 0.1) is 0 Å². The Balaban J connectivity index is 1.63. The van der Waals surface area contributed by atoms with Crippen LogP contribution in [0.1, 0.15) is 44.9 Å². The molecule has 0 radical (unpaired) electrons. The van der Waals surface area contributed by atoms with Crippen LogP contribution in [-0.4, -0.2) is 23.3 Å². The van der Waals surface area contributed by atoms with Gasteiger partial charge in [-0.25, -0.2) is 0 Å². The predicted molar refractivity (Wildman–Crippen MR) is 69.7 cm³/mol. The fraction of sp³-hybridized carbons (Fsp3) is 0.667. The van der Waals surface area contributed by atoms with Crippen molar-refractivity contribution in [3.63, 3.8) is 0 Å². The summed E-state index contributed by atoms with van der Waals surface area (Å²) in [5.41, 5.74) is 0.114. The lowest BCUT2D eigenvalue weighted by molar-refractivity contribution is -0.129. The van der Waals surface area contributed by atoms with Gasteiger partial charge < -0.3 is 9.47 Å². The molecule has 1 atom stereocenters. The highest BCUT2D eigenvalue weighted by atomic mass is 16.5. The maximum absolute atomic E-state index is 6.08. The molecule has 1 aromatic heterocycles. The Labute approximate surface area is 109 Å². The van der Waals surface area contributed by atoms with Crippen LogP contribution in [0.5, 0.6) is 5.75 Å². The first kappa shape index (κ1) is 12.0. The first-order valence-corrected chi connectivity index (χ1v) is 7.07. The van der Waals surface area contributed by atoms with E-state index in [9.17, 15) is 0 Å². The normalized spacial score (nSPS) is 27.0. The smallest absolute Gasteiger partial charge is 0.138 e. The molecule has 1 saturated carbocycles. The van der Waals surface area contributed by atoms with E-state index in [1.165, 1.54) is 32.1 Å². The molecule has 2 aliphatic rings. The Bertz CT molecular complexity index is 368. The summed E-state index contributed by atoms with van der Waals surface area (Å²) in [4.78, 5) is 4.10. The van der Waals surface area contributed by atoms with Crippen LogP contribution in [-0.2, 0) is 4.74 Å². The first-order valence-electron chi connectivity index (χ1n) is 7.07. The lowest BCUT2D eigenvalue weighted by Crippen LogP contribution is -2.45. The molecule has 2 fully saturated rings. The van der Waals surface area contributed by atoms with Crippen LogP contribution in [0.2, 0.25) is 0 Å². The summed E-state index contributed by atoms with van der Waals surface area (Å²) in [7, 11) is 0. The van der Waals surface area contributed by atoms with Crippen LogP contribution >= 0.6 is 0 Å². The van der Waals surface area contributed by atoms with E-state index in [0.717, 1.165) is 25.2 Å². The van der Waals surface area contributed by atoms with E-state index in [2.05, 4.69) is 4.98 Å². The Kier molecular flexibility index (Phi) is 3.50. The minimum atomic E-state index is 0.114. The largest absolute Gasteiger partial charge is 0.489 e. The maximum Gasteiger partial charge on any atom is 0.138 e. The third kappa shape index (κ3) is 2.66. The van der Waals surface area contributed by atoms with Gasteiger partial charge in [-0.05, 0) is 25.0 Å².